The predicted octanol–water partition coefficient (Wildman–Crippen LogP) is 3.20. The highest BCUT2D eigenvalue weighted by molar-refractivity contribution is 6.31. The summed E-state index contributed by atoms with van der Waals surface area (Å²) < 4.78 is 1.94. The van der Waals surface area contributed by atoms with E-state index in [1.54, 1.807) is 0 Å². The van der Waals surface area contributed by atoms with E-state index in [2.05, 4.69) is 12.0 Å². The molecular formula is C15H23ClN2O. The first-order valence-corrected chi connectivity index (χ1v) is 7.87. The molecule has 2 bridgehead atoms. The van der Waals surface area contributed by atoms with Gasteiger partial charge in [0, 0.05) is 13.0 Å². The van der Waals surface area contributed by atoms with Gasteiger partial charge >= 0.3 is 0 Å². The third kappa shape index (κ3) is 2.31. The lowest BCUT2D eigenvalue weighted by Crippen LogP contribution is -2.28. The van der Waals surface area contributed by atoms with Gasteiger partial charge in [0.05, 0.1) is 22.5 Å². The number of rotatable bonds is 4. The summed E-state index contributed by atoms with van der Waals surface area (Å²) in [6, 6.07) is 0. The summed E-state index contributed by atoms with van der Waals surface area (Å²) in [5.74, 6) is 2.10. The zero-order valence-electron chi connectivity index (χ0n) is 11.8. The Labute approximate surface area is 120 Å². The summed E-state index contributed by atoms with van der Waals surface area (Å²) in [6.07, 6.45) is 5.63. The highest BCUT2D eigenvalue weighted by Crippen LogP contribution is 2.50. The molecule has 1 aromatic heterocycles. The molecular weight excluding hydrogens is 260 g/mol. The van der Waals surface area contributed by atoms with Crippen LogP contribution in [-0.2, 0) is 13.0 Å². The summed E-state index contributed by atoms with van der Waals surface area (Å²) in [5, 5.41) is 15.7. The van der Waals surface area contributed by atoms with Crippen molar-refractivity contribution in [2.24, 2.45) is 17.8 Å². The van der Waals surface area contributed by atoms with Crippen molar-refractivity contribution in [2.45, 2.75) is 58.6 Å². The van der Waals surface area contributed by atoms with Gasteiger partial charge < -0.3 is 5.11 Å². The zero-order chi connectivity index (χ0) is 13.6. The van der Waals surface area contributed by atoms with Crippen molar-refractivity contribution in [3.63, 3.8) is 0 Å². The maximum absolute atomic E-state index is 10.6. The van der Waals surface area contributed by atoms with Gasteiger partial charge in [-0.1, -0.05) is 18.0 Å². The third-order valence-corrected chi connectivity index (χ3v) is 5.63. The molecule has 106 valence electrons. The second-order valence-corrected chi connectivity index (χ2v) is 6.65. The monoisotopic (exact) mass is 282 g/mol. The molecule has 19 heavy (non-hydrogen) atoms. The van der Waals surface area contributed by atoms with Gasteiger partial charge in [0.1, 0.15) is 0 Å². The van der Waals surface area contributed by atoms with Crippen LogP contribution in [0.25, 0.3) is 0 Å². The Morgan fingerprint density at radius 2 is 2.21 bits per heavy atom. The molecule has 0 aliphatic heterocycles. The first-order valence-electron chi connectivity index (χ1n) is 7.50. The minimum absolute atomic E-state index is 0.255. The molecule has 3 nitrogen and oxygen atoms in total. The molecule has 2 fully saturated rings. The lowest BCUT2D eigenvalue weighted by molar-refractivity contribution is 0.0733. The summed E-state index contributed by atoms with van der Waals surface area (Å²) in [5.41, 5.74) is 1.88. The van der Waals surface area contributed by atoms with Crippen LogP contribution in [0.2, 0.25) is 5.02 Å². The Hall–Kier alpha value is -0.540. The van der Waals surface area contributed by atoms with Gasteiger partial charge in [0.25, 0.3) is 0 Å². The lowest BCUT2D eigenvalue weighted by Gasteiger charge is -2.27. The zero-order valence-corrected chi connectivity index (χ0v) is 12.5. The van der Waals surface area contributed by atoms with Crippen LogP contribution in [0.3, 0.4) is 0 Å². The molecule has 1 N–H and O–H groups in total. The Bertz CT molecular complexity index is 471. The van der Waals surface area contributed by atoms with E-state index in [1.807, 2.05) is 11.6 Å². The van der Waals surface area contributed by atoms with Crippen molar-refractivity contribution in [1.82, 2.24) is 9.78 Å². The molecule has 0 spiro atoms. The Morgan fingerprint density at radius 3 is 2.79 bits per heavy atom. The molecule has 0 aromatic carbocycles. The van der Waals surface area contributed by atoms with Gasteiger partial charge in [0.15, 0.2) is 0 Å². The summed E-state index contributed by atoms with van der Waals surface area (Å²) in [6.45, 7) is 4.81. The van der Waals surface area contributed by atoms with Crippen molar-refractivity contribution in [3.05, 3.63) is 16.4 Å². The number of nitrogens with zero attached hydrogens (tertiary/aromatic N) is 2. The van der Waals surface area contributed by atoms with Crippen LogP contribution >= 0.6 is 11.6 Å². The number of aliphatic hydroxyl groups excluding tert-OH is 1. The average molecular weight is 283 g/mol. The number of aliphatic hydroxyl groups is 1. The molecule has 0 amide bonds. The largest absolute Gasteiger partial charge is 0.392 e. The van der Waals surface area contributed by atoms with Gasteiger partial charge in [-0.25, -0.2) is 0 Å². The second kappa shape index (κ2) is 5.10. The lowest BCUT2D eigenvalue weighted by atomic mass is 9.83. The van der Waals surface area contributed by atoms with Crippen molar-refractivity contribution in [3.8, 4) is 0 Å². The molecule has 2 saturated carbocycles. The minimum Gasteiger partial charge on any atom is -0.392 e. The smallest absolute Gasteiger partial charge is 0.0848 e. The topological polar surface area (TPSA) is 38.0 Å². The van der Waals surface area contributed by atoms with Crippen LogP contribution in [0.1, 0.15) is 44.0 Å². The number of halogens is 1. The van der Waals surface area contributed by atoms with E-state index in [0.717, 1.165) is 34.8 Å². The van der Waals surface area contributed by atoms with Gasteiger partial charge in [-0.15, -0.1) is 0 Å². The number of hydrogen-bond donors (Lipinski definition) is 1. The highest BCUT2D eigenvalue weighted by Gasteiger charge is 2.42. The minimum atomic E-state index is -0.255. The fraction of sp³-hybridized carbons (Fsp3) is 0.800. The van der Waals surface area contributed by atoms with Crippen LogP contribution < -0.4 is 0 Å². The van der Waals surface area contributed by atoms with E-state index in [-0.39, 0.29) is 6.10 Å². The predicted molar refractivity (Wildman–Crippen MR) is 76.3 cm³/mol. The fourth-order valence-corrected chi connectivity index (χ4v) is 4.39. The van der Waals surface area contributed by atoms with Gasteiger partial charge in [-0.05, 0) is 50.9 Å². The van der Waals surface area contributed by atoms with Crippen LogP contribution in [0.5, 0.6) is 0 Å². The Balaban J connectivity index is 1.74. The molecule has 0 saturated heterocycles. The van der Waals surface area contributed by atoms with Crippen molar-refractivity contribution >= 4 is 11.6 Å². The van der Waals surface area contributed by atoms with E-state index in [0.29, 0.717) is 12.3 Å². The van der Waals surface area contributed by atoms with Crippen LogP contribution in [0.4, 0.5) is 0 Å². The first kappa shape index (κ1) is 13.4. The summed E-state index contributed by atoms with van der Waals surface area (Å²) in [4.78, 5) is 0. The van der Waals surface area contributed by atoms with Crippen molar-refractivity contribution in [2.75, 3.05) is 0 Å². The summed E-state index contributed by atoms with van der Waals surface area (Å²) >= 11 is 6.33. The first-order chi connectivity index (χ1) is 9.10. The third-order valence-electron chi connectivity index (χ3n) is 5.14. The number of fused-ring (bicyclic) bond motifs is 2. The maximum atomic E-state index is 10.6. The quantitative estimate of drug-likeness (QED) is 0.921. The standard InChI is InChI=1S/C15H23ClN2O/c1-3-18-13(15(16)9(2)17-18)8-14(19)12-7-10-4-5-11(12)6-10/h10-12,14,19H,3-8H2,1-2H3. The van der Waals surface area contributed by atoms with E-state index < -0.39 is 0 Å². The van der Waals surface area contributed by atoms with Crippen molar-refractivity contribution < 1.29 is 5.11 Å². The van der Waals surface area contributed by atoms with E-state index in [4.69, 9.17) is 11.6 Å². The van der Waals surface area contributed by atoms with Gasteiger partial charge in [0.2, 0.25) is 0 Å². The van der Waals surface area contributed by atoms with Gasteiger partial charge in [-0.3, -0.25) is 4.68 Å². The van der Waals surface area contributed by atoms with Gasteiger partial charge in [-0.2, -0.15) is 5.10 Å². The van der Waals surface area contributed by atoms with Crippen LogP contribution in [0, 0.1) is 24.7 Å². The molecule has 2 aliphatic rings. The van der Waals surface area contributed by atoms with Crippen LogP contribution in [-0.4, -0.2) is 21.0 Å². The maximum Gasteiger partial charge on any atom is 0.0848 e. The normalized spacial score (nSPS) is 31.1. The molecule has 4 atom stereocenters. The molecule has 1 aromatic rings. The average Bonchev–Trinajstić information content (AvgIpc) is 3.08. The SMILES string of the molecule is CCn1nc(C)c(Cl)c1CC(O)C1CC2CCC1C2. The Morgan fingerprint density at radius 1 is 1.42 bits per heavy atom. The van der Waals surface area contributed by atoms with E-state index in [9.17, 15) is 5.11 Å². The Kier molecular flexibility index (Phi) is 3.61. The molecule has 3 rings (SSSR count). The fourth-order valence-electron chi connectivity index (χ4n) is 4.18. The molecule has 0 radical (unpaired) electrons. The van der Waals surface area contributed by atoms with Crippen molar-refractivity contribution in [1.29, 1.82) is 0 Å². The van der Waals surface area contributed by atoms with E-state index >= 15 is 0 Å². The number of aryl methyl sites for hydroxylation is 2. The molecule has 4 unspecified atom stereocenters. The molecule has 4 heteroatoms. The molecule has 1 heterocycles. The number of hydrogen-bond acceptors (Lipinski definition) is 2. The highest BCUT2D eigenvalue weighted by atomic mass is 35.5. The number of aromatic nitrogens is 2. The second-order valence-electron chi connectivity index (χ2n) is 6.27. The molecule has 2 aliphatic carbocycles. The summed E-state index contributed by atoms with van der Waals surface area (Å²) in [7, 11) is 0. The van der Waals surface area contributed by atoms with Crippen LogP contribution in [0.15, 0.2) is 0 Å². The van der Waals surface area contributed by atoms with E-state index in [1.165, 1.54) is 25.7 Å².